The average Bonchev–Trinajstić information content (AvgIpc) is 3.10. The van der Waals surface area contributed by atoms with Crippen LogP contribution in [0, 0.1) is 0 Å². The first kappa shape index (κ1) is 15.5. The predicted molar refractivity (Wildman–Crippen MR) is 90.0 cm³/mol. The summed E-state index contributed by atoms with van der Waals surface area (Å²) < 4.78 is 0. The van der Waals surface area contributed by atoms with E-state index in [1.54, 1.807) is 11.3 Å². The summed E-state index contributed by atoms with van der Waals surface area (Å²) in [5, 5.41) is 6.86. The van der Waals surface area contributed by atoms with Crippen molar-refractivity contribution >= 4 is 27.8 Å². The van der Waals surface area contributed by atoms with Gasteiger partial charge in [0, 0.05) is 41.6 Å². The molecule has 2 heterocycles. The number of nitrogens with zero attached hydrogens (tertiary/aromatic N) is 2. The molecule has 0 radical (unpaired) electrons. The number of thiophene rings is 1. The van der Waals surface area contributed by atoms with Crippen molar-refractivity contribution in [1.82, 2.24) is 10.3 Å². The van der Waals surface area contributed by atoms with Gasteiger partial charge in [0.1, 0.15) is 0 Å². The third kappa shape index (κ3) is 4.30. The van der Waals surface area contributed by atoms with Gasteiger partial charge in [-0.3, -0.25) is 0 Å². The van der Waals surface area contributed by atoms with Crippen LogP contribution in [0.25, 0.3) is 0 Å². The second kappa shape index (κ2) is 7.76. The summed E-state index contributed by atoms with van der Waals surface area (Å²) in [6, 6.07) is 4.81. The third-order valence-electron chi connectivity index (χ3n) is 3.29. The van der Waals surface area contributed by atoms with Gasteiger partial charge in [0.2, 0.25) is 0 Å². The lowest BCUT2D eigenvalue weighted by molar-refractivity contribution is 0.552. The Morgan fingerprint density at radius 1 is 1.30 bits per heavy atom. The van der Waals surface area contributed by atoms with Crippen LogP contribution in [-0.4, -0.2) is 24.1 Å². The maximum atomic E-state index is 4.52. The molecular formula is C15H23N3S2. The van der Waals surface area contributed by atoms with Gasteiger partial charge in [-0.25, -0.2) is 4.98 Å². The van der Waals surface area contributed by atoms with Gasteiger partial charge in [0.05, 0.1) is 0 Å². The van der Waals surface area contributed by atoms with Gasteiger partial charge < -0.3 is 10.2 Å². The Bertz CT molecular complexity index is 489. The molecule has 1 unspecified atom stereocenters. The predicted octanol–water partition coefficient (Wildman–Crippen LogP) is 3.77. The smallest absolute Gasteiger partial charge is 0.185 e. The van der Waals surface area contributed by atoms with E-state index < -0.39 is 0 Å². The fourth-order valence-electron chi connectivity index (χ4n) is 2.10. The molecule has 0 aliphatic carbocycles. The topological polar surface area (TPSA) is 28.2 Å². The van der Waals surface area contributed by atoms with E-state index in [-0.39, 0.29) is 0 Å². The monoisotopic (exact) mass is 309 g/mol. The van der Waals surface area contributed by atoms with Crippen LogP contribution >= 0.6 is 22.7 Å². The summed E-state index contributed by atoms with van der Waals surface area (Å²) in [6.45, 7) is 9.53. The zero-order chi connectivity index (χ0) is 14.4. The molecule has 0 saturated heterocycles. The van der Waals surface area contributed by atoms with E-state index in [2.05, 4.69) is 53.5 Å². The molecule has 0 aliphatic rings. The standard InChI is InChI=1S/C15H23N3S2/c1-4-18(5-2)15-17-11-14(20-15)10-16-12(3)9-13-7-6-8-19-13/h6-8,11-12,16H,4-5,9-10H2,1-3H3. The summed E-state index contributed by atoms with van der Waals surface area (Å²) in [6.07, 6.45) is 3.10. The van der Waals surface area contributed by atoms with Crippen LogP contribution < -0.4 is 10.2 Å². The summed E-state index contributed by atoms with van der Waals surface area (Å²) in [7, 11) is 0. The largest absolute Gasteiger partial charge is 0.349 e. The Labute approximate surface area is 129 Å². The summed E-state index contributed by atoms with van der Waals surface area (Å²) in [5.41, 5.74) is 0. The molecule has 0 spiro atoms. The number of rotatable bonds is 8. The SMILES string of the molecule is CCN(CC)c1ncc(CNC(C)Cc2cccs2)s1. The van der Waals surface area contributed by atoms with Crippen LogP contribution in [0.3, 0.4) is 0 Å². The second-order valence-electron chi connectivity index (χ2n) is 4.85. The van der Waals surface area contributed by atoms with Crippen LogP contribution in [0.2, 0.25) is 0 Å². The van der Waals surface area contributed by atoms with E-state index in [4.69, 9.17) is 0 Å². The highest BCUT2D eigenvalue weighted by Crippen LogP contribution is 2.22. The zero-order valence-electron chi connectivity index (χ0n) is 12.4. The van der Waals surface area contributed by atoms with Crippen molar-refractivity contribution in [1.29, 1.82) is 0 Å². The molecule has 2 rings (SSSR count). The highest BCUT2D eigenvalue weighted by atomic mass is 32.1. The lowest BCUT2D eigenvalue weighted by atomic mass is 10.2. The summed E-state index contributed by atoms with van der Waals surface area (Å²) >= 11 is 3.63. The molecule has 110 valence electrons. The number of aromatic nitrogens is 1. The first-order valence-corrected chi connectivity index (χ1v) is 8.88. The van der Waals surface area contributed by atoms with Crippen LogP contribution in [0.1, 0.15) is 30.5 Å². The number of hydrogen-bond donors (Lipinski definition) is 1. The Balaban J connectivity index is 1.81. The lowest BCUT2D eigenvalue weighted by Gasteiger charge is -2.16. The minimum absolute atomic E-state index is 0.493. The Kier molecular flexibility index (Phi) is 6.01. The van der Waals surface area contributed by atoms with Crippen LogP contribution in [0.5, 0.6) is 0 Å². The molecule has 20 heavy (non-hydrogen) atoms. The minimum Gasteiger partial charge on any atom is -0.349 e. The number of thiazole rings is 1. The molecular weight excluding hydrogens is 286 g/mol. The maximum Gasteiger partial charge on any atom is 0.185 e. The van der Waals surface area contributed by atoms with E-state index >= 15 is 0 Å². The first-order chi connectivity index (χ1) is 9.72. The fraction of sp³-hybridized carbons (Fsp3) is 0.533. The molecule has 0 amide bonds. The molecule has 0 bridgehead atoms. The van der Waals surface area contributed by atoms with Gasteiger partial charge >= 0.3 is 0 Å². The average molecular weight is 310 g/mol. The van der Waals surface area contributed by atoms with Crippen molar-refractivity contribution in [3.05, 3.63) is 33.5 Å². The first-order valence-electron chi connectivity index (χ1n) is 7.18. The maximum absolute atomic E-state index is 4.52. The van der Waals surface area contributed by atoms with E-state index in [1.165, 1.54) is 9.75 Å². The highest BCUT2D eigenvalue weighted by molar-refractivity contribution is 7.15. The molecule has 2 aromatic heterocycles. The molecule has 0 aliphatic heterocycles. The van der Waals surface area contributed by atoms with Gasteiger partial charge in [-0.15, -0.1) is 22.7 Å². The summed E-state index contributed by atoms with van der Waals surface area (Å²) in [4.78, 5) is 9.57. The highest BCUT2D eigenvalue weighted by Gasteiger charge is 2.09. The van der Waals surface area contributed by atoms with Crippen LogP contribution in [-0.2, 0) is 13.0 Å². The van der Waals surface area contributed by atoms with Crippen molar-refractivity contribution in [3.63, 3.8) is 0 Å². The van der Waals surface area contributed by atoms with Crippen LogP contribution in [0.4, 0.5) is 5.13 Å². The fourth-order valence-corrected chi connectivity index (χ4v) is 3.92. The van der Waals surface area contributed by atoms with Crippen molar-refractivity contribution < 1.29 is 0 Å². The summed E-state index contributed by atoms with van der Waals surface area (Å²) in [5.74, 6) is 0. The van der Waals surface area contributed by atoms with E-state index in [0.717, 1.165) is 31.2 Å². The van der Waals surface area contributed by atoms with Gasteiger partial charge in [0.15, 0.2) is 5.13 Å². The second-order valence-corrected chi connectivity index (χ2v) is 6.97. The Hall–Kier alpha value is -0.910. The van der Waals surface area contributed by atoms with Gasteiger partial charge in [-0.1, -0.05) is 6.07 Å². The van der Waals surface area contributed by atoms with Gasteiger partial charge in [0.25, 0.3) is 0 Å². The lowest BCUT2D eigenvalue weighted by Crippen LogP contribution is -2.26. The quantitative estimate of drug-likeness (QED) is 0.804. The van der Waals surface area contributed by atoms with Gasteiger partial charge in [-0.2, -0.15) is 0 Å². The molecule has 2 aromatic rings. The number of anilines is 1. The molecule has 3 nitrogen and oxygen atoms in total. The van der Waals surface area contributed by atoms with E-state index in [1.807, 2.05) is 17.5 Å². The van der Waals surface area contributed by atoms with Crippen molar-refractivity contribution in [2.75, 3.05) is 18.0 Å². The normalized spacial score (nSPS) is 12.6. The molecule has 5 heteroatoms. The minimum atomic E-state index is 0.493. The molecule has 0 saturated carbocycles. The molecule has 0 aromatic carbocycles. The third-order valence-corrected chi connectivity index (χ3v) is 5.24. The Morgan fingerprint density at radius 3 is 2.75 bits per heavy atom. The van der Waals surface area contributed by atoms with E-state index in [9.17, 15) is 0 Å². The van der Waals surface area contributed by atoms with Crippen LogP contribution in [0.15, 0.2) is 23.7 Å². The number of nitrogens with one attached hydrogen (secondary N) is 1. The number of hydrogen-bond acceptors (Lipinski definition) is 5. The Morgan fingerprint density at radius 2 is 2.10 bits per heavy atom. The molecule has 1 atom stereocenters. The van der Waals surface area contributed by atoms with Crippen molar-refractivity contribution in [2.24, 2.45) is 0 Å². The molecule has 0 fully saturated rings. The molecule has 1 N–H and O–H groups in total. The van der Waals surface area contributed by atoms with Gasteiger partial charge in [-0.05, 0) is 38.6 Å². The van der Waals surface area contributed by atoms with E-state index in [0.29, 0.717) is 6.04 Å². The van der Waals surface area contributed by atoms with Crippen molar-refractivity contribution in [2.45, 2.75) is 39.8 Å². The zero-order valence-corrected chi connectivity index (χ0v) is 14.1. The van der Waals surface area contributed by atoms with Crippen molar-refractivity contribution in [3.8, 4) is 0 Å².